The lowest BCUT2D eigenvalue weighted by Gasteiger charge is -2.43. The van der Waals surface area contributed by atoms with E-state index in [0.29, 0.717) is 6.61 Å². The largest absolute Gasteiger partial charge is 0.407 e. The van der Waals surface area contributed by atoms with Gasteiger partial charge in [-0.05, 0) is 34.7 Å². The van der Waals surface area contributed by atoms with Crippen molar-refractivity contribution in [2.24, 2.45) is 11.7 Å². The number of aliphatic hydroxyl groups is 1. The maximum absolute atomic E-state index is 10.2. The molecule has 0 saturated heterocycles. The molecular weight excluding hydrogens is 362 g/mol. The van der Waals surface area contributed by atoms with E-state index in [1.807, 2.05) is 0 Å². The molecule has 0 aliphatic heterocycles. The second kappa shape index (κ2) is 8.91. The van der Waals surface area contributed by atoms with Crippen LogP contribution in [0.3, 0.4) is 0 Å². The highest BCUT2D eigenvalue weighted by molar-refractivity contribution is 6.99. The van der Waals surface area contributed by atoms with E-state index in [2.05, 4.69) is 81.4 Å². The summed E-state index contributed by atoms with van der Waals surface area (Å²) in [7, 11) is -2.49. The SMILES string of the molecule is CC(C)(C)[Si](OCCC(N)[C@H]1CCC[C@H]1O)(c1ccccc1)c1ccccc1. The molecule has 1 aliphatic rings. The van der Waals surface area contributed by atoms with Gasteiger partial charge in [-0.25, -0.2) is 0 Å². The molecule has 2 aromatic carbocycles. The van der Waals surface area contributed by atoms with Gasteiger partial charge in [0, 0.05) is 18.6 Å². The molecular formula is C24H35NO2Si. The minimum atomic E-state index is -2.49. The van der Waals surface area contributed by atoms with Crippen molar-refractivity contribution in [1.29, 1.82) is 0 Å². The molecule has 0 heterocycles. The third kappa shape index (κ3) is 4.25. The molecule has 152 valence electrons. The second-order valence-corrected chi connectivity index (χ2v) is 13.4. The van der Waals surface area contributed by atoms with Crippen molar-refractivity contribution in [1.82, 2.24) is 0 Å². The molecule has 0 bridgehead atoms. The Morgan fingerprint density at radius 1 is 1.00 bits per heavy atom. The minimum Gasteiger partial charge on any atom is -0.407 e. The molecule has 3 rings (SSSR count). The minimum absolute atomic E-state index is 0.00397. The molecule has 1 aliphatic carbocycles. The van der Waals surface area contributed by atoms with Gasteiger partial charge in [0.2, 0.25) is 0 Å². The van der Waals surface area contributed by atoms with E-state index in [4.69, 9.17) is 10.2 Å². The van der Waals surface area contributed by atoms with Gasteiger partial charge in [-0.3, -0.25) is 0 Å². The van der Waals surface area contributed by atoms with Gasteiger partial charge in [0.05, 0.1) is 6.10 Å². The summed E-state index contributed by atoms with van der Waals surface area (Å²) in [5, 5.41) is 12.8. The highest BCUT2D eigenvalue weighted by Gasteiger charge is 2.50. The molecule has 2 aromatic rings. The molecule has 3 nitrogen and oxygen atoms in total. The van der Waals surface area contributed by atoms with Gasteiger partial charge in [0.15, 0.2) is 0 Å². The van der Waals surface area contributed by atoms with Crippen LogP contribution < -0.4 is 16.1 Å². The first-order valence-electron chi connectivity index (χ1n) is 10.5. The average molecular weight is 398 g/mol. The summed E-state index contributed by atoms with van der Waals surface area (Å²) in [6.07, 6.45) is 3.53. The van der Waals surface area contributed by atoms with Gasteiger partial charge in [-0.1, -0.05) is 87.9 Å². The van der Waals surface area contributed by atoms with Gasteiger partial charge in [-0.15, -0.1) is 0 Å². The van der Waals surface area contributed by atoms with E-state index < -0.39 is 8.32 Å². The zero-order chi connectivity index (χ0) is 20.2. The van der Waals surface area contributed by atoms with E-state index in [-0.39, 0.29) is 23.1 Å². The summed E-state index contributed by atoms with van der Waals surface area (Å²) in [4.78, 5) is 0. The Morgan fingerprint density at radius 2 is 1.54 bits per heavy atom. The fraction of sp³-hybridized carbons (Fsp3) is 0.500. The standard InChI is InChI=1S/C24H35NO2Si/c1-24(2,3)28(19-11-6-4-7-12-19,20-13-8-5-9-14-20)27-18-17-22(25)21-15-10-16-23(21)26/h4-9,11-14,21-23,26H,10,15-18,25H2,1-3H3/t21-,22?,23-/m1/s1. The van der Waals surface area contributed by atoms with Crippen LogP contribution in [0.1, 0.15) is 46.5 Å². The van der Waals surface area contributed by atoms with E-state index >= 15 is 0 Å². The van der Waals surface area contributed by atoms with Crippen LogP contribution in [0.5, 0.6) is 0 Å². The molecule has 0 amide bonds. The summed E-state index contributed by atoms with van der Waals surface area (Å²) >= 11 is 0. The molecule has 0 radical (unpaired) electrons. The fourth-order valence-electron chi connectivity index (χ4n) is 4.79. The average Bonchev–Trinajstić information content (AvgIpc) is 3.11. The van der Waals surface area contributed by atoms with Crippen molar-refractivity contribution in [2.75, 3.05) is 6.61 Å². The maximum Gasteiger partial charge on any atom is 0.261 e. The Labute approximate surface area is 171 Å². The third-order valence-electron chi connectivity index (χ3n) is 6.27. The van der Waals surface area contributed by atoms with Crippen LogP contribution in [0.15, 0.2) is 60.7 Å². The number of nitrogens with two attached hydrogens (primary N) is 1. The zero-order valence-electron chi connectivity index (χ0n) is 17.5. The molecule has 4 heteroatoms. The predicted molar refractivity (Wildman–Crippen MR) is 120 cm³/mol. The fourth-order valence-corrected chi connectivity index (χ4v) is 9.37. The predicted octanol–water partition coefficient (Wildman–Crippen LogP) is 3.44. The van der Waals surface area contributed by atoms with E-state index in [0.717, 1.165) is 25.7 Å². The van der Waals surface area contributed by atoms with Crippen molar-refractivity contribution in [3.63, 3.8) is 0 Å². The second-order valence-electron chi connectivity index (χ2n) is 9.13. The number of hydrogen-bond donors (Lipinski definition) is 2. The van der Waals surface area contributed by atoms with Gasteiger partial charge in [0.1, 0.15) is 0 Å². The summed E-state index contributed by atoms with van der Waals surface area (Å²) in [5.41, 5.74) is 6.46. The van der Waals surface area contributed by atoms with E-state index in [1.165, 1.54) is 10.4 Å². The first kappa shape index (κ1) is 21.3. The van der Waals surface area contributed by atoms with E-state index in [9.17, 15) is 5.11 Å². The quantitative estimate of drug-likeness (QED) is 0.704. The van der Waals surface area contributed by atoms with Crippen LogP contribution in [0, 0.1) is 5.92 Å². The lowest BCUT2D eigenvalue weighted by molar-refractivity contribution is 0.111. The van der Waals surface area contributed by atoms with Crippen molar-refractivity contribution in [3.8, 4) is 0 Å². The number of aliphatic hydroxyl groups excluding tert-OH is 1. The first-order chi connectivity index (χ1) is 13.4. The molecule has 3 atom stereocenters. The highest BCUT2D eigenvalue weighted by atomic mass is 28.4. The van der Waals surface area contributed by atoms with Crippen molar-refractivity contribution in [2.45, 2.75) is 63.6 Å². The van der Waals surface area contributed by atoms with Crippen LogP contribution in [-0.2, 0) is 4.43 Å². The lowest BCUT2D eigenvalue weighted by atomic mass is 9.95. The molecule has 1 unspecified atom stereocenters. The topological polar surface area (TPSA) is 55.5 Å². The van der Waals surface area contributed by atoms with Crippen LogP contribution >= 0.6 is 0 Å². The molecule has 3 N–H and O–H groups in total. The van der Waals surface area contributed by atoms with Crippen LogP contribution in [-0.4, -0.2) is 32.2 Å². The van der Waals surface area contributed by atoms with E-state index in [1.54, 1.807) is 0 Å². The lowest BCUT2D eigenvalue weighted by Crippen LogP contribution is -2.66. The normalized spacial score (nSPS) is 21.6. The molecule has 28 heavy (non-hydrogen) atoms. The summed E-state index contributed by atoms with van der Waals surface area (Å²) in [6, 6.07) is 21.4. The number of benzene rings is 2. The number of hydrogen-bond acceptors (Lipinski definition) is 3. The molecule has 0 spiro atoms. The van der Waals surface area contributed by atoms with Crippen LogP contribution in [0.2, 0.25) is 5.04 Å². The smallest absolute Gasteiger partial charge is 0.261 e. The Kier molecular flexibility index (Phi) is 6.76. The van der Waals surface area contributed by atoms with Crippen LogP contribution in [0.4, 0.5) is 0 Å². The molecule has 0 aromatic heterocycles. The Morgan fingerprint density at radius 3 is 1.96 bits per heavy atom. The van der Waals surface area contributed by atoms with Crippen molar-refractivity contribution >= 4 is 18.7 Å². The molecule has 1 saturated carbocycles. The van der Waals surface area contributed by atoms with Crippen molar-refractivity contribution in [3.05, 3.63) is 60.7 Å². The Balaban J connectivity index is 1.88. The number of rotatable bonds is 7. The Bertz CT molecular complexity index is 690. The first-order valence-corrected chi connectivity index (χ1v) is 12.5. The van der Waals surface area contributed by atoms with Gasteiger partial charge < -0.3 is 15.3 Å². The summed E-state index contributed by atoms with van der Waals surface area (Å²) < 4.78 is 6.91. The monoisotopic (exact) mass is 397 g/mol. The third-order valence-corrected chi connectivity index (χ3v) is 11.3. The summed E-state index contributed by atoms with van der Waals surface area (Å²) in [6.45, 7) is 7.50. The highest BCUT2D eigenvalue weighted by Crippen LogP contribution is 2.37. The van der Waals surface area contributed by atoms with Crippen LogP contribution in [0.25, 0.3) is 0 Å². The van der Waals surface area contributed by atoms with Crippen molar-refractivity contribution < 1.29 is 9.53 Å². The van der Waals surface area contributed by atoms with Gasteiger partial charge in [-0.2, -0.15) is 0 Å². The summed E-state index contributed by atoms with van der Waals surface area (Å²) in [5.74, 6) is 0.211. The molecule has 1 fully saturated rings. The zero-order valence-corrected chi connectivity index (χ0v) is 18.5. The maximum atomic E-state index is 10.2. The van der Waals surface area contributed by atoms with Gasteiger partial charge >= 0.3 is 0 Å². The Hall–Kier alpha value is -1.46. The van der Waals surface area contributed by atoms with Gasteiger partial charge in [0.25, 0.3) is 8.32 Å².